The zero-order chi connectivity index (χ0) is 19.9. The molecule has 0 spiro atoms. The SMILES string of the molecule is C=CCNS(=O)(=O)c1ccc(C(=O)Nc2cccc(NC(=O)CC)c2)cc1. The van der Waals surface area contributed by atoms with E-state index in [0.29, 0.717) is 23.4 Å². The molecule has 0 aliphatic carbocycles. The molecule has 0 aliphatic rings. The second-order valence-corrected chi connectivity index (χ2v) is 7.37. The maximum atomic E-state index is 12.4. The second-order valence-electron chi connectivity index (χ2n) is 5.60. The lowest BCUT2D eigenvalue weighted by Crippen LogP contribution is -2.23. The third-order valence-corrected chi connectivity index (χ3v) is 5.01. The predicted molar refractivity (Wildman–Crippen MR) is 105 cm³/mol. The number of benzene rings is 2. The van der Waals surface area contributed by atoms with Crippen molar-refractivity contribution < 1.29 is 18.0 Å². The van der Waals surface area contributed by atoms with Gasteiger partial charge in [-0.25, -0.2) is 13.1 Å². The van der Waals surface area contributed by atoms with Crippen molar-refractivity contribution in [1.82, 2.24) is 4.72 Å². The Bertz CT molecular complexity index is 938. The van der Waals surface area contributed by atoms with Gasteiger partial charge < -0.3 is 10.6 Å². The Morgan fingerprint density at radius 2 is 1.67 bits per heavy atom. The van der Waals surface area contributed by atoms with Crippen molar-refractivity contribution in [3.63, 3.8) is 0 Å². The molecule has 0 aliphatic heterocycles. The third-order valence-electron chi connectivity index (χ3n) is 3.57. The van der Waals surface area contributed by atoms with Crippen molar-refractivity contribution >= 4 is 33.2 Å². The molecule has 0 saturated carbocycles. The first-order valence-electron chi connectivity index (χ1n) is 8.27. The van der Waals surface area contributed by atoms with Gasteiger partial charge in [-0.3, -0.25) is 9.59 Å². The number of hydrogen-bond acceptors (Lipinski definition) is 4. The van der Waals surface area contributed by atoms with Crippen LogP contribution in [0.4, 0.5) is 11.4 Å². The molecule has 0 atom stereocenters. The Kier molecular flexibility index (Phi) is 6.86. The van der Waals surface area contributed by atoms with Gasteiger partial charge in [0.25, 0.3) is 5.91 Å². The summed E-state index contributed by atoms with van der Waals surface area (Å²) >= 11 is 0. The van der Waals surface area contributed by atoms with E-state index in [1.165, 1.54) is 30.3 Å². The van der Waals surface area contributed by atoms with E-state index in [1.54, 1.807) is 31.2 Å². The first-order valence-corrected chi connectivity index (χ1v) is 9.76. The molecule has 0 radical (unpaired) electrons. The van der Waals surface area contributed by atoms with Gasteiger partial charge >= 0.3 is 0 Å². The van der Waals surface area contributed by atoms with E-state index in [4.69, 9.17) is 0 Å². The molecule has 8 heteroatoms. The number of sulfonamides is 1. The summed E-state index contributed by atoms with van der Waals surface area (Å²) in [6.07, 6.45) is 1.80. The largest absolute Gasteiger partial charge is 0.326 e. The van der Waals surface area contributed by atoms with Crippen LogP contribution in [0.15, 0.2) is 66.1 Å². The van der Waals surface area contributed by atoms with Gasteiger partial charge in [0.05, 0.1) is 4.90 Å². The van der Waals surface area contributed by atoms with Crippen molar-refractivity contribution in [3.8, 4) is 0 Å². The van der Waals surface area contributed by atoms with E-state index in [0.717, 1.165) is 0 Å². The Morgan fingerprint density at radius 3 is 2.26 bits per heavy atom. The fourth-order valence-corrected chi connectivity index (χ4v) is 3.16. The zero-order valence-corrected chi connectivity index (χ0v) is 15.7. The molecule has 0 unspecified atom stereocenters. The van der Waals surface area contributed by atoms with Crippen molar-refractivity contribution in [3.05, 3.63) is 66.7 Å². The Hall–Kier alpha value is -2.97. The lowest BCUT2D eigenvalue weighted by molar-refractivity contribution is -0.115. The smallest absolute Gasteiger partial charge is 0.255 e. The standard InChI is InChI=1S/C19H21N3O4S/c1-3-12-20-27(25,26)17-10-8-14(9-11-17)19(24)22-16-7-5-6-15(13-16)21-18(23)4-2/h3,5-11,13,20H,1,4,12H2,2H3,(H,21,23)(H,22,24). The first kappa shape index (κ1) is 20.3. The highest BCUT2D eigenvalue weighted by Crippen LogP contribution is 2.17. The molecule has 0 heterocycles. The van der Waals surface area contributed by atoms with Gasteiger partial charge in [-0.2, -0.15) is 0 Å². The van der Waals surface area contributed by atoms with Gasteiger partial charge in [0.1, 0.15) is 0 Å². The van der Waals surface area contributed by atoms with Crippen molar-refractivity contribution in [2.24, 2.45) is 0 Å². The fourth-order valence-electron chi connectivity index (χ4n) is 2.16. The van der Waals surface area contributed by atoms with Gasteiger partial charge in [0.15, 0.2) is 0 Å². The maximum Gasteiger partial charge on any atom is 0.255 e. The molecule has 0 bridgehead atoms. The van der Waals surface area contributed by atoms with Crippen LogP contribution in [0.3, 0.4) is 0 Å². The highest BCUT2D eigenvalue weighted by atomic mass is 32.2. The summed E-state index contributed by atoms with van der Waals surface area (Å²) in [4.78, 5) is 23.9. The van der Waals surface area contributed by atoms with Gasteiger partial charge in [0, 0.05) is 29.9 Å². The Labute approximate surface area is 158 Å². The minimum Gasteiger partial charge on any atom is -0.326 e. The lowest BCUT2D eigenvalue weighted by Gasteiger charge is -2.09. The van der Waals surface area contributed by atoms with Crippen LogP contribution in [0.5, 0.6) is 0 Å². The minimum atomic E-state index is -3.64. The molecule has 142 valence electrons. The number of anilines is 2. The van der Waals surface area contributed by atoms with E-state index in [2.05, 4.69) is 21.9 Å². The number of amides is 2. The molecule has 2 aromatic rings. The van der Waals surface area contributed by atoms with Gasteiger partial charge in [-0.15, -0.1) is 6.58 Å². The summed E-state index contributed by atoms with van der Waals surface area (Å²) in [5, 5.41) is 5.43. The van der Waals surface area contributed by atoms with E-state index in [9.17, 15) is 18.0 Å². The summed E-state index contributed by atoms with van der Waals surface area (Å²) in [5.74, 6) is -0.516. The average molecular weight is 387 g/mol. The van der Waals surface area contributed by atoms with Crippen LogP contribution in [-0.4, -0.2) is 26.8 Å². The third kappa shape index (κ3) is 5.77. The van der Waals surface area contributed by atoms with Crippen molar-refractivity contribution in [2.45, 2.75) is 18.2 Å². The van der Waals surface area contributed by atoms with Crippen LogP contribution in [0.25, 0.3) is 0 Å². The molecular formula is C19H21N3O4S. The van der Waals surface area contributed by atoms with Crippen LogP contribution in [-0.2, 0) is 14.8 Å². The molecule has 27 heavy (non-hydrogen) atoms. The first-order chi connectivity index (χ1) is 12.9. The molecule has 0 fully saturated rings. The molecule has 7 nitrogen and oxygen atoms in total. The second kappa shape index (κ2) is 9.11. The van der Waals surface area contributed by atoms with Crippen LogP contribution in [0.2, 0.25) is 0 Å². The molecule has 2 amide bonds. The van der Waals surface area contributed by atoms with Crippen LogP contribution < -0.4 is 15.4 Å². The van der Waals surface area contributed by atoms with E-state index < -0.39 is 15.9 Å². The van der Waals surface area contributed by atoms with E-state index in [1.807, 2.05) is 0 Å². The number of rotatable bonds is 8. The Balaban J connectivity index is 2.09. The van der Waals surface area contributed by atoms with Gasteiger partial charge in [-0.05, 0) is 42.5 Å². The Morgan fingerprint density at radius 1 is 1.04 bits per heavy atom. The van der Waals surface area contributed by atoms with E-state index >= 15 is 0 Å². The minimum absolute atomic E-state index is 0.0603. The molecule has 2 aromatic carbocycles. The van der Waals surface area contributed by atoms with Crippen LogP contribution in [0, 0.1) is 0 Å². The van der Waals surface area contributed by atoms with Gasteiger partial charge in [0.2, 0.25) is 15.9 Å². The fraction of sp³-hybridized carbons (Fsp3) is 0.158. The quantitative estimate of drug-likeness (QED) is 0.606. The summed E-state index contributed by atoms with van der Waals surface area (Å²) in [7, 11) is -3.64. The highest BCUT2D eigenvalue weighted by molar-refractivity contribution is 7.89. The van der Waals surface area contributed by atoms with E-state index in [-0.39, 0.29) is 17.3 Å². The number of carbonyl (C=O) groups is 2. The predicted octanol–water partition coefficient (Wildman–Crippen LogP) is 2.75. The molecule has 0 saturated heterocycles. The summed E-state index contributed by atoms with van der Waals surface area (Å²) in [5.41, 5.74) is 1.40. The molecule has 3 N–H and O–H groups in total. The number of nitrogens with one attached hydrogen (secondary N) is 3. The normalized spacial score (nSPS) is 10.9. The molecule has 0 aromatic heterocycles. The number of carbonyl (C=O) groups excluding carboxylic acids is 2. The van der Waals surface area contributed by atoms with Crippen LogP contribution >= 0.6 is 0 Å². The number of hydrogen-bond donors (Lipinski definition) is 3. The topological polar surface area (TPSA) is 104 Å². The summed E-state index contributed by atoms with van der Waals surface area (Å²) in [6.45, 7) is 5.33. The summed E-state index contributed by atoms with van der Waals surface area (Å²) < 4.78 is 26.4. The molecular weight excluding hydrogens is 366 g/mol. The van der Waals surface area contributed by atoms with Crippen LogP contribution in [0.1, 0.15) is 23.7 Å². The van der Waals surface area contributed by atoms with Gasteiger partial charge in [-0.1, -0.05) is 19.1 Å². The monoisotopic (exact) mass is 387 g/mol. The zero-order valence-electron chi connectivity index (χ0n) is 14.9. The van der Waals surface area contributed by atoms with Crippen molar-refractivity contribution in [1.29, 1.82) is 0 Å². The average Bonchev–Trinajstić information content (AvgIpc) is 2.66. The summed E-state index contributed by atoms with van der Waals surface area (Å²) in [6, 6.07) is 12.3. The van der Waals surface area contributed by atoms with Crippen molar-refractivity contribution in [2.75, 3.05) is 17.2 Å². The highest BCUT2D eigenvalue weighted by Gasteiger charge is 2.14. The lowest BCUT2D eigenvalue weighted by atomic mass is 10.2. The molecule has 2 rings (SSSR count). The maximum absolute atomic E-state index is 12.4.